The van der Waals surface area contributed by atoms with Crippen molar-refractivity contribution in [2.24, 2.45) is 5.92 Å². The molecule has 0 aliphatic heterocycles. The summed E-state index contributed by atoms with van der Waals surface area (Å²) in [5, 5.41) is 0. The number of hydrogen-bond donors (Lipinski definition) is 0. The van der Waals surface area contributed by atoms with E-state index in [-0.39, 0.29) is 6.61 Å². The summed E-state index contributed by atoms with van der Waals surface area (Å²) in [5.41, 5.74) is 0.619. The maximum atomic E-state index is 13.0. The minimum atomic E-state index is -4.64. The van der Waals surface area contributed by atoms with E-state index < -0.39 is 35.4 Å². The average molecular weight is 404 g/mol. The minimum absolute atomic E-state index is 0.0859. The van der Waals surface area contributed by atoms with Crippen LogP contribution in [0, 0.1) is 5.92 Å². The predicted octanol–water partition coefficient (Wildman–Crippen LogP) is 4.15. The first-order chi connectivity index (χ1) is 12.6. The molecule has 5 nitrogen and oxygen atoms in total. The Labute approximate surface area is 155 Å². The highest BCUT2D eigenvalue weighted by Gasteiger charge is 2.40. The second kappa shape index (κ2) is 9.20. The molecule has 0 aliphatic carbocycles. The molecule has 0 fully saturated rings. The molecule has 1 unspecified atom stereocenters. The lowest BCUT2D eigenvalue weighted by Gasteiger charge is -2.19. The van der Waals surface area contributed by atoms with Crippen molar-refractivity contribution in [3.05, 3.63) is 60.2 Å². The van der Waals surface area contributed by atoms with Gasteiger partial charge in [0.2, 0.25) is 0 Å². The molecule has 0 bridgehead atoms. The van der Waals surface area contributed by atoms with Crippen molar-refractivity contribution in [2.45, 2.75) is 12.8 Å². The molecule has 0 aliphatic rings. The topological polar surface area (TPSA) is 61.8 Å². The Hall–Kier alpha value is -2.10. The van der Waals surface area contributed by atoms with E-state index in [4.69, 9.17) is 9.47 Å². The Morgan fingerprint density at radius 3 is 2.26 bits per heavy atom. The van der Waals surface area contributed by atoms with Crippen molar-refractivity contribution in [3.63, 3.8) is 0 Å². The summed E-state index contributed by atoms with van der Waals surface area (Å²) in [6.07, 6.45) is -3.94. The molecule has 2 rings (SSSR count). The first kappa shape index (κ1) is 21.2. The van der Waals surface area contributed by atoms with Gasteiger partial charge in [-0.25, -0.2) is 0 Å². The fourth-order valence-corrected chi connectivity index (χ4v) is 2.50. The summed E-state index contributed by atoms with van der Waals surface area (Å²) in [5.74, 6) is -0.892. The van der Waals surface area contributed by atoms with Gasteiger partial charge in [-0.2, -0.15) is 21.6 Å². The van der Waals surface area contributed by atoms with Gasteiger partial charge in [-0.15, -0.1) is 0 Å². The van der Waals surface area contributed by atoms with E-state index in [0.717, 1.165) is 0 Å². The van der Waals surface area contributed by atoms with Crippen molar-refractivity contribution in [3.8, 4) is 11.5 Å². The van der Waals surface area contributed by atoms with Gasteiger partial charge >= 0.3 is 6.18 Å². The second-order valence-electron chi connectivity index (χ2n) is 5.80. The molecule has 0 radical (unpaired) electrons. The van der Waals surface area contributed by atoms with E-state index in [1.54, 1.807) is 36.4 Å². The van der Waals surface area contributed by atoms with Crippen LogP contribution in [0.25, 0.3) is 0 Å². The standard InChI is InChI=1S/C18H19F3O5S/c1-27(22,23)25-13-15(18(19,20)21)12-24-11-14-6-5-9-17(10-14)26-16-7-3-2-4-8-16/h2-10,15H,11-13H2,1H3. The summed E-state index contributed by atoms with van der Waals surface area (Å²) in [4.78, 5) is 0. The highest BCUT2D eigenvalue weighted by atomic mass is 32.2. The highest BCUT2D eigenvalue weighted by molar-refractivity contribution is 7.85. The molecular weight excluding hydrogens is 385 g/mol. The minimum Gasteiger partial charge on any atom is -0.457 e. The molecule has 2 aromatic carbocycles. The smallest absolute Gasteiger partial charge is 0.396 e. The van der Waals surface area contributed by atoms with Crippen LogP contribution in [0.3, 0.4) is 0 Å². The summed E-state index contributed by atoms with van der Waals surface area (Å²) < 4.78 is 75.7. The van der Waals surface area contributed by atoms with Crippen LogP contribution in [0.2, 0.25) is 0 Å². The molecule has 0 aromatic heterocycles. The maximum Gasteiger partial charge on any atom is 0.396 e. The number of ether oxygens (including phenoxy) is 2. The molecule has 0 saturated heterocycles. The van der Waals surface area contributed by atoms with Crippen LogP contribution in [0.4, 0.5) is 13.2 Å². The van der Waals surface area contributed by atoms with E-state index in [9.17, 15) is 21.6 Å². The summed E-state index contributed by atoms with van der Waals surface area (Å²) in [6.45, 7) is -1.82. The lowest BCUT2D eigenvalue weighted by molar-refractivity contribution is -0.196. The lowest BCUT2D eigenvalue weighted by atomic mass is 10.1. The Bertz CT molecular complexity index is 822. The maximum absolute atomic E-state index is 13.0. The SMILES string of the molecule is CS(=O)(=O)OCC(COCc1cccc(Oc2ccccc2)c1)C(F)(F)F. The molecular formula is C18H19F3O5S. The second-order valence-corrected chi connectivity index (χ2v) is 7.45. The number of halogens is 3. The van der Waals surface area contributed by atoms with Gasteiger partial charge in [0.1, 0.15) is 17.4 Å². The normalized spacial score (nSPS) is 13.3. The van der Waals surface area contributed by atoms with Crippen LogP contribution in [-0.2, 0) is 25.6 Å². The monoisotopic (exact) mass is 404 g/mol. The third-order valence-corrected chi connectivity index (χ3v) is 3.98. The van der Waals surface area contributed by atoms with E-state index in [2.05, 4.69) is 4.18 Å². The summed E-state index contributed by atoms with van der Waals surface area (Å²) in [7, 11) is -3.96. The molecule has 0 saturated carbocycles. The molecule has 9 heteroatoms. The number of rotatable bonds is 9. The van der Waals surface area contributed by atoms with Crippen LogP contribution in [0.1, 0.15) is 5.56 Å². The highest BCUT2D eigenvalue weighted by Crippen LogP contribution is 2.28. The van der Waals surface area contributed by atoms with Gasteiger partial charge in [0, 0.05) is 0 Å². The lowest BCUT2D eigenvalue weighted by Crippen LogP contribution is -2.32. The molecule has 27 heavy (non-hydrogen) atoms. The Balaban J connectivity index is 1.92. The van der Waals surface area contributed by atoms with Crippen molar-refractivity contribution >= 4 is 10.1 Å². The largest absolute Gasteiger partial charge is 0.457 e. The van der Waals surface area contributed by atoms with Crippen molar-refractivity contribution in [1.29, 1.82) is 0 Å². The molecule has 148 valence electrons. The molecule has 0 N–H and O–H groups in total. The zero-order valence-corrected chi connectivity index (χ0v) is 15.3. The zero-order valence-electron chi connectivity index (χ0n) is 14.5. The first-order valence-corrected chi connectivity index (χ1v) is 9.76. The third-order valence-electron chi connectivity index (χ3n) is 3.41. The van der Waals surface area contributed by atoms with Crippen molar-refractivity contribution in [2.75, 3.05) is 19.5 Å². The zero-order chi connectivity index (χ0) is 19.9. The fourth-order valence-electron chi connectivity index (χ4n) is 2.09. The molecule has 0 spiro atoms. The van der Waals surface area contributed by atoms with Crippen molar-refractivity contribution < 1.29 is 35.2 Å². The Kier molecular flexibility index (Phi) is 7.23. The van der Waals surface area contributed by atoms with E-state index >= 15 is 0 Å². The Morgan fingerprint density at radius 2 is 1.63 bits per heavy atom. The molecule has 0 heterocycles. The summed E-state index contributed by atoms with van der Waals surface area (Å²) >= 11 is 0. The Morgan fingerprint density at radius 1 is 0.963 bits per heavy atom. The van der Waals surface area contributed by atoms with E-state index in [1.165, 1.54) is 0 Å². The fraction of sp³-hybridized carbons (Fsp3) is 0.333. The van der Waals surface area contributed by atoms with Crippen molar-refractivity contribution in [1.82, 2.24) is 0 Å². The van der Waals surface area contributed by atoms with Gasteiger partial charge < -0.3 is 9.47 Å². The number of alkyl halides is 3. The van der Waals surface area contributed by atoms with Gasteiger partial charge in [-0.3, -0.25) is 4.18 Å². The average Bonchev–Trinajstić information content (AvgIpc) is 2.57. The van der Waals surface area contributed by atoms with Gasteiger partial charge in [0.05, 0.1) is 26.1 Å². The van der Waals surface area contributed by atoms with Gasteiger partial charge in [0.25, 0.3) is 10.1 Å². The predicted molar refractivity (Wildman–Crippen MR) is 93.0 cm³/mol. The third kappa shape index (κ3) is 7.98. The number of para-hydroxylation sites is 1. The van der Waals surface area contributed by atoms with Gasteiger partial charge in [0.15, 0.2) is 0 Å². The van der Waals surface area contributed by atoms with E-state index in [1.807, 2.05) is 18.2 Å². The van der Waals surface area contributed by atoms with E-state index in [0.29, 0.717) is 23.3 Å². The van der Waals surface area contributed by atoms with Crippen LogP contribution in [0.5, 0.6) is 11.5 Å². The van der Waals surface area contributed by atoms with Crippen LogP contribution < -0.4 is 4.74 Å². The summed E-state index contributed by atoms with van der Waals surface area (Å²) in [6, 6.07) is 15.8. The number of benzene rings is 2. The molecule has 0 amide bonds. The van der Waals surface area contributed by atoms with Gasteiger partial charge in [-0.1, -0.05) is 30.3 Å². The number of hydrogen-bond acceptors (Lipinski definition) is 5. The molecule has 1 atom stereocenters. The molecule has 2 aromatic rings. The van der Waals surface area contributed by atoms with Crippen LogP contribution in [-0.4, -0.2) is 34.1 Å². The van der Waals surface area contributed by atoms with Crippen LogP contribution in [0.15, 0.2) is 54.6 Å². The van der Waals surface area contributed by atoms with Crippen LogP contribution >= 0.6 is 0 Å². The van der Waals surface area contributed by atoms with Gasteiger partial charge in [-0.05, 0) is 29.8 Å². The first-order valence-electron chi connectivity index (χ1n) is 7.94. The quantitative estimate of drug-likeness (QED) is 0.588.